The predicted molar refractivity (Wildman–Crippen MR) is 67.5 cm³/mol. The Labute approximate surface area is 108 Å². The lowest BCUT2D eigenvalue weighted by molar-refractivity contribution is -0.141. The second kappa shape index (κ2) is 5.32. The number of hydrogen-bond donors (Lipinski definition) is 3. The largest absolute Gasteiger partial charge is 0.479 e. The van der Waals surface area contributed by atoms with Crippen molar-refractivity contribution in [1.82, 2.24) is 4.98 Å². The molecule has 1 aromatic heterocycles. The average molecular weight is 261 g/mol. The number of carbonyl (C=O) groups excluding carboxylic acids is 1. The molecule has 1 heterocycles. The maximum absolute atomic E-state index is 11.3. The van der Waals surface area contributed by atoms with E-state index in [1.165, 1.54) is 6.20 Å². The van der Waals surface area contributed by atoms with Gasteiger partial charge in [-0.2, -0.15) is 0 Å². The van der Waals surface area contributed by atoms with E-state index in [0.29, 0.717) is 16.6 Å². The summed E-state index contributed by atoms with van der Waals surface area (Å²) >= 11 is 0. The molecule has 0 bridgehead atoms. The molecule has 0 aliphatic carbocycles. The van der Waals surface area contributed by atoms with E-state index in [1.807, 2.05) is 0 Å². The summed E-state index contributed by atoms with van der Waals surface area (Å²) in [6.07, 6.45) is 1.32. The van der Waals surface area contributed by atoms with E-state index in [0.717, 1.165) is 0 Å². The molecule has 7 nitrogen and oxygen atoms in total. The third-order valence-electron chi connectivity index (χ3n) is 2.41. The summed E-state index contributed by atoms with van der Waals surface area (Å²) in [6, 6.07) is 7.03. The summed E-state index contributed by atoms with van der Waals surface area (Å²) in [5, 5.41) is 9.13. The number of para-hydroxylation sites is 1. The van der Waals surface area contributed by atoms with Gasteiger partial charge in [-0.25, -0.2) is 4.79 Å². The van der Waals surface area contributed by atoms with E-state index in [-0.39, 0.29) is 5.56 Å². The number of nitrogens with two attached hydrogens (primary N) is 1. The van der Waals surface area contributed by atoms with Crippen LogP contribution in [0.5, 0.6) is 0 Å². The summed E-state index contributed by atoms with van der Waals surface area (Å²) in [7, 11) is 0. The monoisotopic (exact) mass is 261 g/mol. The van der Waals surface area contributed by atoms with Crippen LogP contribution in [0.2, 0.25) is 0 Å². The number of amides is 1. The number of rotatable bonds is 5. The highest BCUT2D eigenvalue weighted by atomic mass is 16.7. The third kappa shape index (κ3) is 2.78. The van der Waals surface area contributed by atoms with Gasteiger partial charge in [0.2, 0.25) is 0 Å². The second-order valence-corrected chi connectivity index (χ2v) is 3.71. The molecule has 0 unspecified atom stereocenters. The van der Waals surface area contributed by atoms with Crippen molar-refractivity contribution in [1.29, 1.82) is 0 Å². The molecule has 0 aliphatic rings. The molecule has 4 N–H and O–H groups in total. The molecule has 0 radical (unpaired) electrons. The van der Waals surface area contributed by atoms with Crippen LogP contribution < -0.4 is 11.2 Å². The molecule has 2 rings (SSSR count). The Kier molecular flexibility index (Phi) is 3.58. The van der Waals surface area contributed by atoms with Crippen molar-refractivity contribution in [2.45, 2.75) is 0 Å². The molecule has 19 heavy (non-hydrogen) atoms. The maximum atomic E-state index is 11.3. The van der Waals surface area contributed by atoms with Crippen molar-refractivity contribution in [2.75, 3.05) is 12.1 Å². The Bertz CT molecular complexity index is 642. The van der Waals surface area contributed by atoms with Crippen LogP contribution in [-0.4, -0.2) is 28.6 Å². The minimum atomic E-state index is -1.13. The molecule has 1 aromatic carbocycles. The van der Waals surface area contributed by atoms with Crippen molar-refractivity contribution in [3.63, 3.8) is 0 Å². The number of fused-ring (bicyclic) bond motifs is 1. The number of hydrogen-bond acceptors (Lipinski definition) is 5. The van der Waals surface area contributed by atoms with Gasteiger partial charge in [-0.15, -0.1) is 0 Å². The number of aromatic nitrogens is 1. The van der Waals surface area contributed by atoms with Crippen molar-refractivity contribution < 1.29 is 19.5 Å². The minimum absolute atomic E-state index is 0.129. The fourth-order valence-corrected chi connectivity index (χ4v) is 1.61. The molecule has 7 heteroatoms. The Balaban J connectivity index is 2.43. The fraction of sp³-hybridized carbons (Fsp3) is 0.0833. The number of carboxylic acids is 1. The predicted octanol–water partition coefficient (Wildman–Crippen LogP) is 0.762. The van der Waals surface area contributed by atoms with Gasteiger partial charge in [0.1, 0.15) is 0 Å². The van der Waals surface area contributed by atoms with Crippen LogP contribution in [0.4, 0.5) is 5.69 Å². The zero-order chi connectivity index (χ0) is 13.8. The van der Waals surface area contributed by atoms with E-state index in [9.17, 15) is 9.59 Å². The van der Waals surface area contributed by atoms with Gasteiger partial charge in [0, 0.05) is 11.6 Å². The summed E-state index contributed by atoms with van der Waals surface area (Å²) < 4.78 is 0. The van der Waals surface area contributed by atoms with Gasteiger partial charge in [0.05, 0.1) is 16.8 Å². The molecule has 0 aliphatic heterocycles. The molecule has 0 spiro atoms. The van der Waals surface area contributed by atoms with Gasteiger partial charge in [-0.05, 0) is 6.07 Å². The van der Waals surface area contributed by atoms with Gasteiger partial charge in [-0.3, -0.25) is 20.1 Å². The SMILES string of the molecule is NC(=O)c1cnc2ccccc2c1NOCC(=O)O. The van der Waals surface area contributed by atoms with Crippen molar-refractivity contribution in [3.05, 3.63) is 36.0 Å². The summed E-state index contributed by atoms with van der Waals surface area (Å²) in [6.45, 7) is -0.547. The molecule has 0 fully saturated rings. The highest BCUT2D eigenvalue weighted by Crippen LogP contribution is 2.25. The van der Waals surface area contributed by atoms with Crippen LogP contribution in [-0.2, 0) is 9.63 Å². The van der Waals surface area contributed by atoms with E-state index in [4.69, 9.17) is 15.7 Å². The molecular weight excluding hydrogens is 250 g/mol. The van der Waals surface area contributed by atoms with E-state index in [1.54, 1.807) is 24.3 Å². The van der Waals surface area contributed by atoms with Gasteiger partial charge in [-0.1, -0.05) is 18.2 Å². The third-order valence-corrected chi connectivity index (χ3v) is 2.41. The highest BCUT2D eigenvalue weighted by Gasteiger charge is 2.13. The number of carbonyl (C=O) groups is 2. The van der Waals surface area contributed by atoms with E-state index < -0.39 is 18.5 Å². The Morgan fingerprint density at radius 3 is 2.79 bits per heavy atom. The van der Waals surface area contributed by atoms with Crippen LogP contribution in [0, 0.1) is 0 Å². The highest BCUT2D eigenvalue weighted by molar-refractivity contribution is 6.06. The number of aliphatic carboxylic acids is 1. The second-order valence-electron chi connectivity index (χ2n) is 3.71. The van der Waals surface area contributed by atoms with Crippen LogP contribution in [0.1, 0.15) is 10.4 Å². The summed E-state index contributed by atoms with van der Waals surface area (Å²) in [5.74, 6) is -1.81. The van der Waals surface area contributed by atoms with Crippen molar-refractivity contribution >= 4 is 28.5 Å². The number of primary amides is 1. The quantitative estimate of drug-likeness (QED) is 0.684. The van der Waals surface area contributed by atoms with Crippen molar-refractivity contribution in [3.8, 4) is 0 Å². The first kappa shape index (κ1) is 12.8. The first-order chi connectivity index (χ1) is 9.09. The zero-order valence-corrected chi connectivity index (χ0v) is 9.79. The number of anilines is 1. The van der Waals surface area contributed by atoms with E-state index in [2.05, 4.69) is 10.5 Å². The lowest BCUT2D eigenvalue weighted by Gasteiger charge is -2.11. The fourth-order valence-electron chi connectivity index (χ4n) is 1.61. The standard InChI is InChI=1S/C12H11N3O4/c13-12(18)8-5-14-9-4-2-1-3-7(9)11(8)15-19-6-10(16)17/h1-5H,6H2,(H2,13,18)(H,14,15)(H,16,17). The number of pyridine rings is 1. The molecule has 98 valence electrons. The maximum Gasteiger partial charge on any atom is 0.332 e. The molecule has 2 aromatic rings. The first-order valence-corrected chi connectivity index (χ1v) is 5.36. The number of nitrogens with one attached hydrogen (secondary N) is 1. The molecule has 0 saturated carbocycles. The van der Waals surface area contributed by atoms with Gasteiger partial charge >= 0.3 is 5.97 Å². The Morgan fingerprint density at radius 2 is 2.11 bits per heavy atom. The number of carboxylic acid groups (broad SMARTS) is 1. The van der Waals surface area contributed by atoms with Crippen LogP contribution in [0.25, 0.3) is 10.9 Å². The normalized spacial score (nSPS) is 10.3. The van der Waals surface area contributed by atoms with Crippen LogP contribution in [0.15, 0.2) is 30.5 Å². The number of nitrogens with zero attached hydrogens (tertiary/aromatic N) is 1. The topological polar surface area (TPSA) is 115 Å². The van der Waals surface area contributed by atoms with Gasteiger partial charge < -0.3 is 10.8 Å². The van der Waals surface area contributed by atoms with Gasteiger partial charge in [0.25, 0.3) is 5.91 Å². The van der Waals surface area contributed by atoms with E-state index >= 15 is 0 Å². The Hall–Kier alpha value is -2.67. The lowest BCUT2D eigenvalue weighted by Crippen LogP contribution is -2.17. The first-order valence-electron chi connectivity index (χ1n) is 5.36. The average Bonchev–Trinajstić information content (AvgIpc) is 2.38. The zero-order valence-electron chi connectivity index (χ0n) is 9.79. The lowest BCUT2D eigenvalue weighted by atomic mass is 10.1. The molecule has 0 saturated heterocycles. The molecule has 1 amide bonds. The smallest absolute Gasteiger partial charge is 0.332 e. The summed E-state index contributed by atoms with van der Waals surface area (Å²) in [4.78, 5) is 30.6. The van der Waals surface area contributed by atoms with Crippen molar-refractivity contribution in [2.24, 2.45) is 5.73 Å². The number of benzene rings is 1. The molecular formula is C12H11N3O4. The summed E-state index contributed by atoms with van der Waals surface area (Å²) in [5.41, 5.74) is 8.76. The van der Waals surface area contributed by atoms with Gasteiger partial charge in [0.15, 0.2) is 6.61 Å². The minimum Gasteiger partial charge on any atom is -0.479 e. The molecule has 0 atom stereocenters. The van der Waals surface area contributed by atoms with Crippen LogP contribution in [0.3, 0.4) is 0 Å². The van der Waals surface area contributed by atoms with Crippen LogP contribution >= 0.6 is 0 Å². The Morgan fingerprint density at radius 1 is 1.37 bits per heavy atom.